The van der Waals surface area contributed by atoms with Crippen LogP contribution in [0.5, 0.6) is 0 Å². The number of carbonyl (C=O) groups excluding carboxylic acids is 1. The molecule has 1 saturated carbocycles. The first-order valence-corrected chi connectivity index (χ1v) is 10.8. The van der Waals surface area contributed by atoms with Gasteiger partial charge >= 0.3 is 6.18 Å². The van der Waals surface area contributed by atoms with Crippen LogP contribution in [0.2, 0.25) is 0 Å². The predicted octanol–water partition coefficient (Wildman–Crippen LogP) is 3.74. The summed E-state index contributed by atoms with van der Waals surface area (Å²) in [6, 6.07) is 9.79. The van der Waals surface area contributed by atoms with Crippen LogP contribution in [-0.2, 0) is 11.0 Å². The molecule has 3 heterocycles. The number of aromatic amines is 1. The smallest absolute Gasteiger partial charge is 0.368 e. The number of carbonyl (C=O) groups is 1. The van der Waals surface area contributed by atoms with Gasteiger partial charge in [0, 0.05) is 31.5 Å². The highest BCUT2D eigenvalue weighted by atomic mass is 19.4. The molecule has 3 aromatic rings. The molecule has 1 aliphatic heterocycles. The zero-order chi connectivity index (χ0) is 23.2. The number of hydrogen-bond acceptors (Lipinski definition) is 5. The van der Waals surface area contributed by atoms with Crippen molar-refractivity contribution in [2.24, 2.45) is 5.92 Å². The van der Waals surface area contributed by atoms with Gasteiger partial charge in [0.15, 0.2) is 0 Å². The Morgan fingerprint density at radius 2 is 2.15 bits per heavy atom. The van der Waals surface area contributed by atoms with E-state index in [1.54, 1.807) is 12.1 Å². The summed E-state index contributed by atoms with van der Waals surface area (Å²) in [5, 5.41) is 12.1. The number of anilines is 1. The monoisotopic (exact) mass is 454 g/mol. The number of hydrogen-bond donors (Lipinski definition) is 2. The minimum Gasteiger partial charge on any atom is -0.368 e. The normalized spacial score (nSPS) is 22.4. The highest BCUT2D eigenvalue weighted by Crippen LogP contribution is 2.48. The summed E-state index contributed by atoms with van der Waals surface area (Å²) in [5.74, 6) is 1.24. The quantitative estimate of drug-likeness (QED) is 0.612. The Morgan fingerprint density at radius 3 is 2.88 bits per heavy atom. The number of benzene rings is 1. The van der Waals surface area contributed by atoms with E-state index in [4.69, 9.17) is 5.26 Å². The van der Waals surface area contributed by atoms with Crippen molar-refractivity contribution in [3.63, 3.8) is 0 Å². The SMILES string of the molecule is N#Cc1ccc2[nH]c([C@H]3C[C@H]3CC(=O)N[C@@H]3CCN(c4ccc(C(F)(F)F)nc4)C3)nc2c1. The number of imidazole rings is 1. The maximum absolute atomic E-state index is 12.7. The summed E-state index contributed by atoms with van der Waals surface area (Å²) in [6.07, 6.45) is -1.21. The van der Waals surface area contributed by atoms with Crippen LogP contribution in [0.4, 0.5) is 18.9 Å². The van der Waals surface area contributed by atoms with Crippen LogP contribution in [0.3, 0.4) is 0 Å². The van der Waals surface area contributed by atoms with Crippen LogP contribution >= 0.6 is 0 Å². The lowest BCUT2D eigenvalue weighted by Crippen LogP contribution is -2.37. The molecule has 1 aliphatic carbocycles. The molecule has 7 nitrogen and oxygen atoms in total. The summed E-state index contributed by atoms with van der Waals surface area (Å²) in [5.41, 5.74) is 1.89. The summed E-state index contributed by atoms with van der Waals surface area (Å²) >= 11 is 0. The molecule has 2 N–H and O–H groups in total. The minimum atomic E-state index is -4.46. The number of nitrogens with one attached hydrogen (secondary N) is 2. The predicted molar refractivity (Wildman–Crippen MR) is 114 cm³/mol. The molecular formula is C23H21F3N6O. The van der Waals surface area contributed by atoms with Crippen molar-refractivity contribution in [1.82, 2.24) is 20.3 Å². The fraction of sp³-hybridized carbons (Fsp3) is 0.391. The lowest BCUT2D eigenvalue weighted by Gasteiger charge is -2.19. The van der Waals surface area contributed by atoms with Crippen molar-refractivity contribution in [1.29, 1.82) is 5.26 Å². The Labute approximate surface area is 187 Å². The van der Waals surface area contributed by atoms with Crippen molar-refractivity contribution >= 4 is 22.6 Å². The number of amides is 1. The van der Waals surface area contributed by atoms with Crippen LogP contribution in [-0.4, -0.2) is 40.0 Å². The molecule has 2 aromatic heterocycles. The van der Waals surface area contributed by atoms with Gasteiger partial charge in [0.25, 0.3) is 0 Å². The molecule has 2 fully saturated rings. The van der Waals surface area contributed by atoms with Gasteiger partial charge in [-0.05, 0) is 49.1 Å². The second-order valence-corrected chi connectivity index (χ2v) is 8.67. The molecular weight excluding hydrogens is 433 g/mol. The highest BCUT2D eigenvalue weighted by Gasteiger charge is 2.42. The molecule has 170 valence electrons. The van der Waals surface area contributed by atoms with Gasteiger partial charge in [-0.1, -0.05) is 0 Å². The third kappa shape index (κ3) is 4.49. The molecule has 1 amide bonds. The van der Waals surface area contributed by atoms with Crippen LogP contribution < -0.4 is 10.2 Å². The minimum absolute atomic E-state index is 0.0252. The first kappa shape index (κ1) is 21.2. The van der Waals surface area contributed by atoms with Crippen LogP contribution in [0, 0.1) is 17.2 Å². The number of aromatic nitrogens is 3. The lowest BCUT2D eigenvalue weighted by molar-refractivity contribution is -0.141. The van der Waals surface area contributed by atoms with Crippen LogP contribution in [0.25, 0.3) is 11.0 Å². The first-order chi connectivity index (χ1) is 15.8. The summed E-state index contributed by atoms with van der Waals surface area (Å²) < 4.78 is 38.1. The number of fused-ring (bicyclic) bond motifs is 1. The number of nitriles is 1. The second-order valence-electron chi connectivity index (χ2n) is 8.67. The second kappa shape index (κ2) is 8.06. The van der Waals surface area contributed by atoms with Gasteiger partial charge < -0.3 is 15.2 Å². The van der Waals surface area contributed by atoms with E-state index in [2.05, 4.69) is 26.3 Å². The van der Waals surface area contributed by atoms with E-state index in [1.165, 1.54) is 12.3 Å². The maximum Gasteiger partial charge on any atom is 0.433 e. The molecule has 1 aromatic carbocycles. The van der Waals surface area contributed by atoms with Crippen LogP contribution in [0.1, 0.15) is 42.3 Å². The zero-order valence-corrected chi connectivity index (χ0v) is 17.6. The fourth-order valence-corrected chi connectivity index (χ4v) is 4.46. The van der Waals surface area contributed by atoms with E-state index >= 15 is 0 Å². The van der Waals surface area contributed by atoms with Crippen molar-refractivity contribution in [2.75, 3.05) is 18.0 Å². The maximum atomic E-state index is 12.7. The van der Waals surface area contributed by atoms with Crippen molar-refractivity contribution in [2.45, 2.75) is 37.4 Å². The molecule has 5 rings (SSSR count). The van der Waals surface area contributed by atoms with E-state index in [0.717, 1.165) is 35.8 Å². The summed E-state index contributed by atoms with van der Waals surface area (Å²) in [7, 11) is 0. The van der Waals surface area contributed by atoms with Gasteiger partial charge in [0.2, 0.25) is 5.91 Å². The summed E-state index contributed by atoms with van der Waals surface area (Å²) in [6.45, 7) is 1.19. The van der Waals surface area contributed by atoms with E-state index in [9.17, 15) is 18.0 Å². The Balaban J connectivity index is 1.12. The first-order valence-electron chi connectivity index (χ1n) is 10.8. The van der Waals surface area contributed by atoms with E-state index in [1.807, 2.05) is 11.0 Å². The van der Waals surface area contributed by atoms with E-state index in [-0.39, 0.29) is 23.8 Å². The van der Waals surface area contributed by atoms with Gasteiger partial charge in [-0.3, -0.25) is 4.79 Å². The molecule has 33 heavy (non-hydrogen) atoms. The molecule has 2 aliphatic rings. The number of rotatable bonds is 5. The van der Waals surface area contributed by atoms with Crippen LogP contribution in [0.15, 0.2) is 36.5 Å². The highest BCUT2D eigenvalue weighted by molar-refractivity contribution is 5.78. The number of nitrogens with zero attached hydrogens (tertiary/aromatic N) is 4. The number of alkyl halides is 3. The Hall–Kier alpha value is -3.61. The third-order valence-electron chi connectivity index (χ3n) is 6.31. The molecule has 0 radical (unpaired) electrons. The molecule has 1 saturated heterocycles. The summed E-state index contributed by atoms with van der Waals surface area (Å²) in [4.78, 5) is 25.9. The number of pyridine rings is 1. The van der Waals surface area contributed by atoms with Gasteiger partial charge in [-0.2, -0.15) is 18.4 Å². The number of halogens is 3. The Bertz CT molecular complexity index is 1230. The number of H-pyrrole nitrogens is 1. The zero-order valence-electron chi connectivity index (χ0n) is 17.6. The van der Waals surface area contributed by atoms with Gasteiger partial charge in [0.1, 0.15) is 11.5 Å². The van der Waals surface area contributed by atoms with E-state index in [0.29, 0.717) is 30.8 Å². The Morgan fingerprint density at radius 1 is 1.30 bits per heavy atom. The fourth-order valence-electron chi connectivity index (χ4n) is 4.46. The lowest BCUT2D eigenvalue weighted by atomic mass is 10.2. The van der Waals surface area contributed by atoms with Crippen molar-refractivity contribution < 1.29 is 18.0 Å². The van der Waals surface area contributed by atoms with E-state index < -0.39 is 11.9 Å². The standard InChI is InChI=1S/C23H21F3N6O/c24-23(25,26)20-4-2-16(11-28-20)32-6-5-15(12-32)29-21(33)9-14-8-17(14)22-30-18-3-1-13(10-27)7-19(18)31-22/h1-4,7,11,14-15,17H,5-6,8-9,12H2,(H,29,33)(H,30,31)/t14-,15+,17-/m0/s1. The third-order valence-corrected chi connectivity index (χ3v) is 6.31. The molecule has 0 unspecified atom stereocenters. The molecule has 3 atom stereocenters. The van der Waals surface area contributed by atoms with Gasteiger partial charge in [-0.15, -0.1) is 0 Å². The molecule has 0 bridgehead atoms. The topological polar surface area (TPSA) is 97.7 Å². The average molecular weight is 454 g/mol. The average Bonchev–Trinajstić information content (AvgIpc) is 3.19. The van der Waals surface area contributed by atoms with Crippen molar-refractivity contribution in [3.05, 3.63) is 53.6 Å². The van der Waals surface area contributed by atoms with Crippen molar-refractivity contribution in [3.8, 4) is 6.07 Å². The Kier molecular flexibility index (Phi) is 5.19. The largest absolute Gasteiger partial charge is 0.433 e. The molecule has 10 heteroatoms. The molecule has 0 spiro atoms. The van der Waals surface area contributed by atoms with Gasteiger partial charge in [-0.25, -0.2) is 9.97 Å². The van der Waals surface area contributed by atoms with Gasteiger partial charge in [0.05, 0.1) is 34.6 Å².